The predicted molar refractivity (Wildman–Crippen MR) is 72.6 cm³/mol. The number of nitrogens with two attached hydrogens (primary N) is 1. The maximum absolute atomic E-state index is 6.01. The van der Waals surface area contributed by atoms with E-state index in [1.54, 1.807) is 0 Å². The Hall–Kier alpha value is -0.160. The normalized spacial score (nSPS) is 38.8. The Kier molecular flexibility index (Phi) is 4.32. The molecule has 2 rings (SSSR count). The Morgan fingerprint density at radius 1 is 1.28 bits per heavy atom. The molecule has 0 bridgehead atoms. The molecule has 0 spiro atoms. The Balaban J connectivity index is 2.03. The van der Waals surface area contributed by atoms with E-state index < -0.39 is 0 Å². The smallest absolute Gasteiger partial charge is 0.0757 e. The third-order valence-electron chi connectivity index (χ3n) is 4.00. The van der Waals surface area contributed by atoms with Crippen molar-refractivity contribution in [1.29, 1.82) is 0 Å². The van der Waals surface area contributed by atoms with Crippen LogP contribution in [0.15, 0.2) is 0 Å². The first-order valence-electron chi connectivity index (χ1n) is 7.18. The van der Waals surface area contributed by atoms with E-state index in [0.717, 1.165) is 25.9 Å². The topological polar surface area (TPSA) is 47.7 Å². The number of hydrogen-bond donors (Lipinski definition) is 1. The molecular weight excluding hydrogens is 228 g/mol. The van der Waals surface area contributed by atoms with Gasteiger partial charge in [-0.1, -0.05) is 0 Å². The summed E-state index contributed by atoms with van der Waals surface area (Å²) in [4.78, 5) is 2.47. The van der Waals surface area contributed by atoms with Crippen LogP contribution in [0.4, 0.5) is 0 Å². The Morgan fingerprint density at radius 3 is 2.50 bits per heavy atom. The largest absolute Gasteiger partial charge is 0.374 e. The molecule has 0 amide bonds. The summed E-state index contributed by atoms with van der Waals surface area (Å²) in [6, 6.07) is 0.334. The molecule has 0 radical (unpaired) electrons. The lowest BCUT2D eigenvalue weighted by atomic mass is 9.99. The van der Waals surface area contributed by atoms with Crippen molar-refractivity contribution in [1.82, 2.24) is 4.90 Å². The van der Waals surface area contributed by atoms with Crippen LogP contribution in [0.1, 0.15) is 40.5 Å². The van der Waals surface area contributed by atoms with Crippen LogP contribution in [0, 0.1) is 0 Å². The zero-order valence-corrected chi connectivity index (χ0v) is 12.2. The average molecular weight is 256 g/mol. The highest BCUT2D eigenvalue weighted by Crippen LogP contribution is 2.28. The minimum absolute atomic E-state index is 0.0880. The fourth-order valence-corrected chi connectivity index (χ4v) is 3.41. The summed E-state index contributed by atoms with van der Waals surface area (Å²) < 4.78 is 12.0. The summed E-state index contributed by atoms with van der Waals surface area (Å²) in [5.41, 5.74) is 5.91. The van der Waals surface area contributed by atoms with Crippen molar-refractivity contribution in [2.45, 2.75) is 70.5 Å². The van der Waals surface area contributed by atoms with Gasteiger partial charge in [-0.05, 0) is 40.5 Å². The van der Waals surface area contributed by atoms with E-state index >= 15 is 0 Å². The Morgan fingerprint density at radius 2 is 2.00 bits per heavy atom. The van der Waals surface area contributed by atoms with Crippen LogP contribution in [0.5, 0.6) is 0 Å². The highest BCUT2D eigenvalue weighted by atomic mass is 16.5. The molecule has 0 aromatic rings. The summed E-state index contributed by atoms with van der Waals surface area (Å²) in [5, 5.41) is 0. The second-order valence-corrected chi connectivity index (χ2v) is 6.48. The van der Waals surface area contributed by atoms with Crippen molar-refractivity contribution in [3.05, 3.63) is 0 Å². The third kappa shape index (κ3) is 3.23. The average Bonchev–Trinajstić information content (AvgIpc) is 2.63. The van der Waals surface area contributed by atoms with E-state index in [-0.39, 0.29) is 11.7 Å². The highest BCUT2D eigenvalue weighted by molar-refractivity contribution is 4.92. The maximum atomic E-state index is 6.01. The van der Waals surface area contributed by atoms with Gasteiger partial charge in [0.05, 0.1) is 23.9 Å². The molecule has 2 fully saturated rings. The van der Waals surface area contributed by atoms with E-state index in [9.17, 15) is 0 Å². The van der Waals surface area contributed by atoms with Crippen LogP contribution in [0.25, 0.3) is 0 Å². The summed E-state index contributed by atoms with van der Waals surface area (Å²) in [6.07, 6.45) is 3.24. The second-order valence-electron chi connectivity index (χ2n) is 6.48. The predicted octanol–water partition coefficient (Wildman–Crippen LogP) is 1.38. The lowest BCUT2D eigenvalue weighted by Gasteiger charge is -2.46. The molecule has 2 aliphatic heterocycles. The Bertz CT molecular complexity index is 283. The summed E-state index contributed by atoms with van der Waals surface area (Å²) in [7, 11) is 0. The fraction of sp³-hybridized carbons (Fsp3) is 1.00. The van der Waals surface area contributed by atoms with Crippen LogP contribution in [-0.4, -0.2) is 54.5 Å². The molecular formula is C14H28N2O2. The molecule has 18 heavy (non-hydrogen) atoms. The third-order valence-corrected chi connectivity index (χ3v) is 4.00. The van der Waals surface area contributed by atoms with Gasteiger partial charge in [-0.2, -0.15) is 0 Å². The molecule has 4 heteroatoms. The zero-order chi connectivity index (χ0) is 13.3. The lowest BCUT2D eigenvalue weighted by molar-refractivity contribution is -0.148. The molecule has 4 nitrogen and oxygen atoms in total. The number of hydrogen-bond acceptors (Lipinski definition) is 4. The standard InChI is InChI=1S/C14H28N2O2/c1-10-5-6-13(17-10)12(7-15)16-8-11(2)18-14(3,4)9-16/h10-13H,5-9,15H2,1-4H3. The van der Waals surface area contributed by atoms with Crippen molar-refractivity contribution >= 4 is 0 Å². The lowest BCUT2D eigenvalue weighted by Crippen LogP contribution is -2.59. The van der Waals surface area contributed by atoms with Gasteiger partial charge in [-0.3, -0.25) is 4.90 Å². The molecule has 4 unspecified atom stereocenters. The quantitative estimate of drug-likeness (QED) is 0.829. The molecule has 2 saturated heterocycles. The van der Waals surface area contributed by atoms with E-state index in [0.29, 0.717) is 24.8 Å². The van der Waals surface area contributed by atoms with Crippen LogP contribution in [-0.2, 0) is 9.47 Å². The van der Waals surface area contributed by atoms with Gasteiger partial charge in [0.15, 0.2) is 0 Å². The maximum Gasteiger partial charge on any atom is 0.0757 e. The summed E-state index contributed by atoms with van der Waals surface area (Å²) in [6.45, 7) is 11.2. The number of ether oxygens (including phenoxy) is 2. The van der Waals surface area contributed by atoms with E-state index in [1.165, 1.54) is 0 Å². The molecule has 2 heterocycles. The first-order valence-corrected chi connectivity index (χ1v) is 7.18. The monoisotopic (exact) mass is 256 g/mol. The van der Waals surface area contributed by atoms with Crippen molar-refractivity contribution in [3.63, 3.8) is 0 Å². The van der Waals surface area contributed by atoms with Crippen molar-refractivity contribution in [3.8, 4) is 0 Å². The van der Waals surface area contributed by atoms with Gasteiger partial charge in [0.1, 0.15) is 0 Å². The van der Waals surface area contributed by atoms with E-state index in [2.05, 4.69) is 32.6 Å². The van der Waals surface area contributed by atoms with Crippen LogP contribution in [0.3, 0.4) is 0 Å². The first kappa shape index (κ1) is 14.3. The van der Waals surface area contributed by atoms with Gasteiger partial charge in [-0.25, -0.2) is 0 Å². The minimum atomic E-state index is -0.0880. The van der Waals surface area contributed by atoms with Crippen LogP contribution in [0.2, 0.25) is 0 Å². The van der Waals surface area contributed by atoms with Gasteiger partial charge >= 0.3 is 0 Å². The molecule has 0 saturated carbocycles. The summed E-state index contributed by atoms with van der Waals surface area (Å²) in [5.74, 6) is 0. The van der Waals surface area contributed by atoms with E-state index in [4.69, 9.17) is 15.2 Å². The van der Waals surface area contributed by atoms with Crippen molar-refractivity contribution in [2.75, 3.05) is 19.6 Å². The van der Waals surface area contributed by atoms with Gasteiger partial charge in [0, 0.05) is 25.7 Å². The SMILES string of the molecule is CC1CCC(C(CN)N2CC(C)OC(C)(C)C2)O1. The zero-order valence-electron chi connectivity index (χ0n) is 12.2. The molecule has 0 aromatic heterocycles. The summed E-state index contributed by atoms with van der Waals surface area (Å²) >= 11 is 0. The van der Waals surface area contributed by atoms with Gasteiger partial charge < -0.3 is 15.2 Å². The molecule has 4 atom stereocenters. The number of nitrogens with zero attached hydrogens (tertiary/aromatic N) is 1. The first-order chi connectivity index (χ1) is 8.41. The van der Waals surface area contributed by atoms with Crippen molar-refractivity contribution < 1.29 is 9.47 Å². The van der Waals surface area contributed by atoms with Crippen LogP contribution >= 0.6 is 0 Å². The number of morpholine rings is 1. The van der Waals surface area contributed by atoms with Gasteiger partial charge in [0.25, 0.3) is 0 Å². The van der Waals surface area contributed by atoms with Gasteiger partial charge in [-0.15, -0.1) is 0 Å². The Labute approximate surface area is 111 Å². The molecule has 0 aromatic carbocycles. The fourth-order valence-electron chi connectivity index (χ4n) is 3.41. The minimum Gasteiger partial charge on any atom is -0.374 e. The van der Waals surface area contributed by atoms with E-state index in [1.807, 2.05) is 0 Å². The van der Waals surface area contributed by atoms with Crippen LogP contribution < -0.4 is 5.73 Å². The molecule has 2 N–H and O–H groups in total. The molecule has 2 aliphatic rings. The molecule has 106 valence electrons. The molecule has 0 aliphatic carbocycles. The highest BCUT2D eigenvalue weighted by Gasteiger charge is 2.39. The number of rotatable bonds is 3. The second kappa shape index (κ2) is 5.45. The van der Waals surface area contributed by atoms with Crippen molar-refractivity contribution in [2.24, 2.45) is 5.73 Å². The van der Waals surface area contributed by atoms with Gasteiger partial charge in [0.2, 0.25) is 0 Å².